The van der Waals surface area contributed by atoms with E-state index in [0.29, 0.717) is 38.8 Å². The second-order valence-electron chi connectivity index (χ2n) is 9.15. The Bertz CT molecular complexity index is 1530. The van der Waals surface area contributed by atoms with Gasteiger partial charge in [-0.05, 0) is 62.2 Å². The summed E-state index contributed by atoms with van der Waals surface area (Å²) in [7, 11) is 1.61. The lowest BCUT2D eigenvalue weighted by atomic mass is 9.95. The monoisotopic (exact) mass is 545 g/mol. The van der Waals surface area contributed by atoms with Crippen LogP contribution in [0.3, 0.4) is 0 Å². The minimum Gasteiger partial charge on any atom is -0.497 e. The summed E-state index contributed by atoms with van der Waals surface area (Å²) >= 11 is 8.22. The zero-order chi connectivity index (χ0) is 26.8. The van der Waals surface area contributed by atoms with E-state index >= 15 is 0 Å². The first-order valence-corrected chi connectivity index (χ1v) is 13.5. The Balaban J connectivity index is 1.48. The number of fused-ring (bicyclic) bond motifs is 1. The highest BCUT2D eigenvalue weighted by Crippen LogP contribution is 2.39. The number of nitrogens with one attached hydrogen (secondary N) is 2. The number of carbonyl (C=O) groups is 1. The predicted molar refractivity (Wildman–Crippen MR) is 153 cm³/mol. The maximum atomic E-state index is 13.7. The van der Waals surface area contributed by atoms with Gasteiger partial charge in [-0.3, -0.25) is 4.79 Å². The van der Waals surface area contributed by atoms with Gasteiger partial charge in [0, 0.05) is 27.7 Å². The van der Waals surface area contributed by atoms with Crippen molar-refractivity contribution >= 4 is 40.9 Å². The topological polar surface area (TPSA) is 81.1 Å². The zero-order valence-corrected chi connectivity index (χ0v) is 23.2. The molecule has 3 aromatic carbocycles. The summed E-state index contributed by atoms with van der Waals surface area (Å²) < 4.78 is 6.98. The number of carbonyl (C=O) groups excluding carboxylic acids is 1. The maximum absolute atomic E-state index is 13.7. The lowest BCUT2D eigenvalue weighted by Gasteiger charge is -2.29. The van der Waals surface area contributed by atoms with E-state index in [1.54, 1.807) is 47.8 Å². The lowest BCUT2D eigenvalue weighted by molar-refractivity contribution is -0.113. The molecule has 2 heterocycles. The fraction of sp³-hybridized carbons (Fsp3) is 0.207. The molecule has 0 spiro atoms. The zero-order valence-electron chi connectivity index (χ0n) is 21.6. The van der Waals surface area contributed by atoms with Gasteiger partial charge in [-0.1, -0.05) is 65.3 Å². The van der Waals surface area contributed by atoms with Crippen molar-refractivity contribution < 1.29 is 9.53 Å². The number of benzene rings is 3. The highest BCUT2D eigenvalue weighted by Gasteiger charge is 2.35. The van der Waals surface area contributed by atoms with E-state index in [1.165, 1.54) is 16.7 Å². The largest absolute Gasteiger partial charge is 0.497 e. The van der Waals surface area contributed by atoms with Crippen LogP contribution in [0.2, 0.25) is 5.02 Å². The first-order chi connectivity index (χ1) is 18.3. The number of anilines is 2. The molecule has 2 N–H and O–H groups in total. The molecule has 1 aromatic heterocycles. The normalized spacial score (nSPS) is 14.6. The Kier molecular flexibility index (Phi) is 7.44. The van der Waals surface area contributed by atoms with E-state index in [4.69, 9.17) is 26.4 Å². The highest BCUT2D eigenvalue weighted by molar-refractivity contribution is 7.98. The SMILES string of the molecule is COc1ccc(NC(=O)C2=C(C)Nc3nc(SCc4ccc(C)cc4C)nn3C2c2ccccc2Cl)cc1. The molecule has 0 radical (unpaired) electrons. The molecule has 7 nitrogen and oxygen atoms in total. The van der Waals surface area contributed by atoms with Gasteiger partial charge in [0.1, 0.15) is 11.8 Å². The Labute approximate surface area is 231 Å². The number of amides is 1. The van der Waals surface area contributed by atoms with Gasteiger partial charge < -0.3 is 15.4 Å². The summed E-state index contributed by atoms with van der Waals surface area (Å²) in [5.41, 5.74) is 6.33. The van der Waals surface area contributed by atoms with E-state index in [9.17, 15) is 4.79 Å². The van der Waals surface area contributed by atoms with E-state index in [1.807, 2.05) is 31.2 Å². The number of allylic oxidation sites excluding steroid dienone is 1. The minimum absolute atomic E-state index is 0.254. The number of nitrogens with zero attached hydrogens (tertiary/aromatic N) is 3. The lowest BCUT2D eigenvalue weighted by Crippen LogP contribution is -2.31. The molecular formula is C29H28ClN5O2S. The summed E-state index contributed by atoms with van der Waals surface area (Å²) in [5, 5.41) is 12.3. The number of ether oxygens (including phenoxy) is 1. The molecule has 0 saturated carbocycles. The van der Waals surface area contributed by atoms with Crippen molar-refractivity contribution in [3.63, 3.8) is 0 Å². The third-order valence-electron chi connectivity index (χ3n) is 6.48. The summed E-state index contributed by atoms with van der Waals surface area (Å²) in [6.07, 6.45) is 0. The smallest absolute Gasteiger partial charge is 0.255 e. The molecule has 1 aliphatic heterocycles. The van der Waals surface area contributed by atoms with Crippen LogP contribution in [-0.4, -0.2) is 27.8 Å². The fourth-order valence-electron chi connectivity index (χ4n) is 4.49. The summed E-state index contributed by atoms with van der Waals surface area (Å²) in [6, 6.07) is 20.6. The number of thioether (sulfide) groups is 1. The van der Waals surface area contributed by atoms with Gasteiger partial charge in [-0.25, -0.2) is 4.68 Å². The van der Waals surface area contributed by atoms with Gasteiger partial charge in [0.2, 0.25) is 11.1 Å². The third kappa shape index (κ3) is 5.28. The van der Waals surface area contributed by atoms with Crippen LogP contribution in [0.1, 0.15) is 35.2 Å². The summed E-state index contributed by atoms with van der Waals surface area (Å²) in [5.74, 6) is 1.76. The molecule has 0 fully saturated rings. The van der Waals surface area contributed by atoms with Crippen molar-refractivity contribution in [3.8, 4) is 5.75 Å². The first-order valence-electron chi connectivity index (χ1n) is 12.2. The second-order valence-corrected chi connectivity index (χ2v) is 10.5. The summed E-state index contributed by atoms with van der Waals surface area (Å²) in [4.78, 5) is 18.4. The molecule has 1 unspecified atom stereocenters. The van der Waals surface area contributed by atoms with Crippen LogP contribution in [0.25, 0.3) is 0 Å². The van der Waals surface area contributed by atoms with Gasteiger partial charge in [-0.2, -0.15) is 4.98 Å². The quantitative estimate of drug-likeness (QED) is 0.249. The number of hydrogen-bond donors (Lipinski definition) is 2. The molecule has 38 heavy (non-hydrogen) atoms. The highest BCUT2D eigenvalue weighted by atomic mass is 35.5. The van der Waals surface area contributed by atoms with Crippen LogP contribution >= 0.6 is 23.4 Å². The molecule has 9 heteroatoms. The molecule has 1 aliphatic rings. The van der Waals surface area contributed by atoms with E-state index < -0.39 is 6.04 Å². The van der Waals surface area contributed by atoms with Crippen molar-refractivity contribution in [2.75, 3.05) is 17.7 Å². The number of halogens is 1. The van der Waals surface area contributed by atoms with E-state index in [-0.39, 0.29) is 5.91 Å². The number of aryl methyl sites for hydroxylation is 2. The van der Waals surface area contributed by atoms with Crippen molar-refractivity contribution in [2.45, 2.75) is 37.7 Å². The molecule has 0 aliphatic carbocycles. The second kappa shape index (κ2) is 10.9. The molecule has 5 rings (SSSR count). The van der Waals surface area contributed by atoms with Crippen LogP contribution in [0.15, 0.2) is 83.2 Å². The number of hydrogen-bond acceptors (Lipinski definition) is 6. The Morgan fingerprint density at radius 2 is 1.87 bits per heavy atom. The van der Waals surface area contributed by atoms with Gasteiger partial charge in [0.05, 0.1) is 12.7 Å². The van der Waals surface area contributed by atoms with Crippen LogP contribution < -0.4 is 15.4 Å². The number of methoxy groups -OCH3 is 1. The molecule has 4 aromatic rings. The molecule has 0 saturated heterocycles. The molecule has 0 bridgehead atoms. The third-order valence-corrected chi connectivity index (χ3v) is 7.71. The maximum Gasteiger partial charge on any atom is 0.255 e. The Morgan fingerprint density at radius 3 is 2.58 bits per heavy atom. The van der Waals surface area contributed by atoms with Crippen molar-refractivity contribution in [2.24, 2.45) is 0 Å². The molecule has 194 valence electrons. The van der Waals surface area contributed by atoms with Gasteiger partial charge >= 0.3 is 0 Å². The van der Waals surface area contributed by atoms with Crippen LogP contribution in [0.5, 0.6) is 5.75 Å². The van der Waals surface area contributed by atoms with Crippen LogP contribution in [0.4, 0.5) is 11.6 Å². The van der Waals surface area contributed by atoms with E-state index in [2.05, 4.69) is 42.7 Å². The first kappa shape index (κ1) is 25.9. The van der Waals surface area contributed by atoms with Crippen molar-refractivity contribution in [1.29, 1.82) is 0 Å². The Morgan fingerprint density at radius 1 is 1.11 bits per heavy atom. The average molecular weight is 546 g/mol. The fourth-order valence-corrected chi connectivity index (χ4v) is 5.64. The average Bonchev–Trinajstić information content (AvgIpc) is 3.30. The standard InChI is InChI=1S/C29H28ClN5O2S/c1-17-9-10-20(18(2)15-17)16-38-29-33-28-31-19(3)25(27(36)32-21-11-13-22(37-4)14-12-21)26(35(28)34-29)23-7-5-6-8-24(23)30/h5-15,26H,16H2,1-4H3,(H,32,36)(H,31,33,34). The van der Waals surface area contributed by atoms with Gasteiger partial charge in [0.25, 0.3) is 5.91 Å². The van der Waals surface area contributed by atoms with Crippen LogP contribution in [-0.2, 0) is 10.5 Å². The molecule has 1 amide bonds. The van der Waals surface area contributed by atoms with Crippen molar-refractivity contribution in [3.05, 3.63) is 105 Å². The number of rotatable bonds is 7. The molecular weight excluding hydrogens is 518 g/mol. The van der Waals surface area contributed by atoms with Crippen LogP contribution in [0, 0.1) is 13.8 Å². The van der Waals surface area contributed by atoms with Gasteiger partial charge in [-0.15, -0.1) is 5.10 Å². The minimum atomic E-state index is -0.554. The van der Waals surface area contributed by atoms with E-state index in [0.717, 1.165) is 11.3 Å². The summed E-state index contributed by atoms with van der Waals surface area (Å²) in [6.45, 7) is 6.07. The van der Waals surface area contributed by atoms with Crippen molar-refractivity contribution in [1.82, 2.24) is 14.8 Å². The molecule has 1 atom stereocenters. The number of aromatic nitrogens is 3. The predicted octanol–water partition coefficient (Wildman–Crippen LogP) is 6.78. The van der Waals surface area contributed by atoms with Gasteiger partial charge in [0.15, 0.2) is 0 Å². The Hall–Kier alpha value is -3.75.